The van der Waals surface area contributed by atoms with Crippen LogP contribution in [0.3, 0.4) is 0 Å². The zero-order valence-electron chi connectivity index (χ0n) is 12.7. The predicted octanol–water partition coefficient (Wildman–Crippen LogP) is 2.05. The van der Waals surface area contributed by atoms with Crippen molar-refractivity contribution in [2.45, 2.75) is 33.6 Å². The largest absolute Gasteiger partial charge is 0.334 e. The van der Waals surface area contributed by atoms with Gasteiger partial charge in [-0.05, 0) is 38.3 Å². The Morgan fingerprint density at radius 2 is 2.05 bits per heavy atom. The van der Waals surface area contributed by atoms with Crippen LogP contribution in [0.2, 0.25) is 0 Å². The molecule has 1 aliphatic heterocycles. The Labute approximate surface area is 119 Å². The number of aryl methyl sites for hydroxylation is 1. The first-order chi connectivity index (χ1) is 9.45. The topological polar surface area (TPSA) is 42.3 Å². The van der Waals surface area contributed by atoms with Crippen LogP contribution in [0.25, 0.3) is 0 Å². The Kier molecular flexibility index (Phi) is 4.12. The van der Waals surface area contributed by atoms with Gasteiger partial charge in [0.25, 0.3) is 11.5 Å². The van der Waals surface area contributed by atoms with Crippen molar-refractivity contribution in [1.29, 1.82) is 0 Å². The lowest BCUT2D eigenvalue weighted by Crippen LogP contribution is -2.39. The van der Waals surface area contributed by atoms with Crippen LogP contribution in [0, 0.1) is 6.92 Å². The summed E-state index contributed by atoms with van der Waals surface area (Å²) in [5.41, 5.74) is 3.39. The fourth-order valence-electron chi connectivity index (χ4n) is 2.72. The van der Waals surface area contributed by atoms with Crippen molar-refractivity contribution in [3.8, 4) is 0 Å². The quantitative estimate of drug-likeness (QED) is 0.775. The first kappa shape index (κ1) is 14.6. The van der Waals surface area contributed by atoms with Gasteiger partial charge in [0.2, 0.25) is 0 Å². The smallest absolute Gasteiger partial charge is 0.263 e. The lowest BCUT2D eigenvalue weighted by molar-refractivity contribution is 0.0766. The van der Waals surface area contributed by atoms with Crippen LogP contribution in [-0.4, -0.2) is 28.5 Å². The number of carbonyl (C=O) groups excluding carboxylic acids is 1. The molecule has 2 heterocycles. The fourth-order valence-corrected chi connectivity index (χ4v) is 2.72. The minimum Gasteiger partial charge on any atom is -0.334 e. The maximum Gasteiger partial charge on any atom is 0.263 e. The molecule has 20 heavy (non-hydrogen) atoms. The Hall–Kier alpha value is -1.84. The van der Waals surface area contributed by atoms with Crippen LogP contribution >= 0.6 is 0 Å². The van der Waals surface area contributed by atoms with Crippen LogP contribution in [0.1, 0.15) is 41.9 Å². The Balaban J connectivity index is 2.39. The van der Waals surface area contributed by atoms with E-state index < -0.39 is 0 Å². The molecule has 0 aliphatic carbocycles. The summed E-state index contributed by atoms with van der Waals surface area (Å²) < 4.78 is 1.60. The van der Waals surface area contributed by atoms with E-state index in [1.54, 1.807) is 22.6 Å². The summed E-state index contributed by atoms with van der Waals surface area (Å²) in [5, 5.41) is 0. The molecule has 4 nitrogen and oxygen atoms in total. The van der Waals surface area contributed by atoms with Crippen LogP contribution in [0.4, 0.5) is 0 Å². The van der Waals surface area contributed by atoms with Gasteiger partial charge in [-0.3, -0.25) is 9.59 Å². The maximum absolute atomic E-state index is 12.5. The van der Waals surface area contributed by atoms with E-state index in [1.807, 2.05) is 13.8 Å². The Morgan fingerprint density at radius 3 is 2.60 bits per heavy atom. The van der Waals surface area contributed by atoms with E-state index in [-0.39, 0.29) is 17.0 Å². The van der Waals surface area contributed by atoms with E-state index in [2.05, 4.69) is 13.0 Å². The molecule has 0 radical (unpaired) electrons. The average molecular weight is 274 g/mol. The predicted molar refractivity (Wildman–Crippen MR) is 80.1 cm³/mol. The molecule has 1 aromatic heterocycles. The number of carbonyl (C=O) groups is 1. The standard InChI is InChI=1S/C16H22N2O2/c1-5-14-12(3)10-13(15(19)17(14)4)16(20)18-8-6-11(2)7-9-18/h6,10H,5,7-9H2,1-4H3. The second kappa shape index (κ2) is 5.65. The number of hydrogen-bond donors (Lipinski definition) is 0. The Morgan fingerprint density at radius 1 is 1.35 bits per heavy atom. The van der Waals surface area contributed by atoms with Crippen LogP contribution in [-0.2, 0) is 13.5 Å². The van der Waals surface area contributed by atoms with Gasteiger partial charge in [0, 0.05) is 25.8 Å². The van der Waals surface area contributed by atoms with E-state index in [9.17, 15) is 9.59 Å². The second-order valence-corrected chi connectivity index (χ2v) is 5.46. The van der Waals surface area contributed by atoms with Gasteiger partial charge >= 0.3 is 0 Å². The molecule has 4 heteroatoms. The van der Waals surface area contributed by atoms with Gasteiger partial charge in [-0.25, -0.2) is 0 Å². The highest BCUT2D eigenvalue weighted by Crippen LogP contribution is 2.14. The SMILES string of the molecule is CCc1c(C)cc(C(=O)N2CC=C(C)CC2)c(=O)n1C. The third-order valence-corrected chi connectivity index (χ3v) is 4.04. The van der Waals surface area contributed by atoms with Gasteiger partial charge in [0.15, 0.2) is 0 Å². The molecule has 0 saturated heterocycles. The Bertz CT molecular complexity index is 626. The third kappa shape index (κ3) is 2.55. The molecule has 1 aliphatic rings. The van der Waals surface area contributed by atoms with E-state index >= 15 is 0 Å². The summed E-state index contributed by atoms with van der Waals surface area (Å²) in [6.45, 7) is 7.33. The summed E-state index contributed by atoms with van der Waals surface area (Å²) in [6.07, 6.45) is 3.73. The molecule has 0 spiro atoms. The summed E-state index contributed by atoms with van der Waals surface area (Å²) in [4.78, 5) is 26.6. The molecule has 0 bridgehead atoms. The van der Waals surface area contributed by atoms with E-state index in [0.29, 0.717) is 13.1 Å². The molecule has 0 saturated carbocycles. The van der Waals surface area contributed by atoms with E-state index in [0.717, 1.165) is 24.1 Å². The van der Waals surface area contributed by atoms with Gasteiger partial charge in [0.1, 0.15) is 5.56 Å². The molecule has 2 rings (SSSR count). The van der Waals surface area contributed by atoms with Crippen molar-refractivity contribution in [3.05, 3.63) is 44.9 Å². The number of rotatable bonds is 2. The van der Waals surface area contributed by atoms with E-state index in [1.165, 1.54) is 5.57 Å². The molecule has 0 fully saturated rings. The summed E-state index contributed by atoms with van der Waals surface area (Å²) in [6, 6.07) is 1.74. The number of amides is 1. The normalized spacial score (nSPS) is 15.2. The second-order valence-electron chi connectivity index (χ2n) is 5.46. The summed E-state index contributed by atoms with van der Waals surface area (Å²) in [7, 11) is 1.74. The maximum atomic E-state index is 12.5. The van der Waals surface area contributed by atoms with Gasteiger partial charge in [-0.2, -0.15) is 0 Å². The molecule has 0 atom stereocenters. The highest BCUT2D eigenvalue weighted by molar-refractivity contribution is 5.94. The van der Waals surface area contributed by atoms with E-state index in [4.69, 9.17) is 0 Å². The minimum atomic E-state index is -0.191. The fraction of sp³-hybridized carbons (Fsp3) is 0.500. The van der Waals surface area contributed by atoms with Crippen molar-refractivity contribution in [2.24, 2.45) is 7.05 Å². The first-order valence-corrected chi connectivity index (χ1v) is 7.10. The monoisotopic (exact) mass is 274 g/mol. The first-order valence-electron chi connectivity index (χ1n) is 7.10. The van der Waals surface area contributed by atoms with Crippen molar-refractivity contribution < 1.29 is 4.79 Å². The highest BCUT2D eigenvalue weighted by atomic mass is 16.2. The van der Waals surface area contributed by atoms with Gasteiger partial charge < -0.3 is 9.47 Å². The van der Waals surface area contributed by atoms with Crippen LogP contribution in [0.5, 0.6) is 0 Å². The lowest BCUT2D eigenvalue weighted by atomic mass is 10.1. The lowest BCUT2D eigenvalue weighted by Gasteiger charge is -2.25. The number of hydrogen-bond acceptors (Lipinski definition) is 2. The third-order valence-electron chi connectivity index (χ3n) is 4.04. The molecule has 0 unspecified atom stereocenters. The zero-order chi connectivity index (χ0) is 14.9. The molecule has 0 N–H and O–H groups in total. The van der Waals surface area contributed by atoms with Crippen molar-refractivity contribution in [3.63, 3.8) is 0 Å². The van der Waals surface area contributed by atoms with Crippen LogP contribution in [0.15, 0.2) is 22.5 Å². The molecule has 1 amide bonds. The highest BCUT2D eigenvalue weighted by Gasteiger charge is 2.22. The van der Waals surface area contributed by atoms with Crippen molar-refractivity contribution >= 4 is 5.91 Å². The zero-order valence-corrected chi connectivity index (χ0v) is 12.7. The number of pyridine rings is 1. The molecular formula is C16H22N2O2. The molecule has 108 valence electrons. The van der Waals surface area contributed by atoms with Gasteiger partial charge in [-0.15, -0.1) is 0 Å². The minimum absolute atomic E-state index is 0.153. The van der Waals surface area contributed by atoms with Crippen molar-refractivity contribution in [2.75, 3.05) is 13.1 Å². The summed E-state index contributed by atoms with van der Waals surface area (Å²) >= 11 is 0. The number of nitrogens with zero attached hydrogens (tertiary/aromatic N) is 2. The van der Waals surface area contributed by atoms with Crippen molar-refractivity contribution in [1.82, 2.24) is 9.47 Å². The molecule has 1 aromatic rings. The summed E-state index contributed by atoms with van der Waals surface area (Å²) in [5.74, 6) is -0.153. The average Bonchev–Trinajstić information content (AvgIpc) is 2.43. The van der Waals surface area contributed by atoms with Crippen LogP contribution < -0.4 is 5.56 Å². The van der Waals surface area contributed by atoms with Gasteiger partial charge in [0.05, 0.1) is 0 Å². The molecular weight excluding hydrogens is 252 g/mol. The number of aromatic nitrogens is 1. The van der Waals surface area contributed by atoms with Gasteiger partial charge in [-0.1, -0.05) is 18.6 Å². The molecule has 0 aromatic carbocycles.